The molecule has 1 aromatic heterocycles. The van der Waals surface area contributed by atoms with Crippen LogP contribution in [0.15, 0.2) is 18.2 Å². The average molecular weight is 275 g/mol. The fourth-order valence-corrected chi connectivity index (χ4v) is 2.77. The van der Waals surface area contributed by atoms with Gasteiger partial charge >= 0.3 is 0 Å². The highest BCUT2D eigenvalue weighted by Gasteiger charge is 2.13. The van der Waals surface area contributed by atoms with Crippen molar-refractivity contribution < 1.29 is 4.79 Å². The Kier molecular flexibility index (Phi) is 3.85. The van der Waals surface area contributed by atoms with Gasteiger partial charge in [-0.1, -0.05) is 13.0 Å². The summed E-state index contributed by atoms with van der Waals surface area (Å²) in [6.07, 6.45) is 0.871. The van der Waals surface area contributed by atoms with Gasteiger partial charge in [0.1, 0.15) is 0 Å². The number of hydrogen-bond donors (Lipinski definition) is 2. The van der Waals surface area contributed by atoms with Crippen molar-refractivity contribution in [2.24, 2.45) is 0 Å². The fraction of sp³-hybridized carbons (Fsp3) is 0.286. The third kappa shape index (κ3) is 2.76. The van der Waals surface area contributed by atoms with Crippen molar-refractivity contribution in [3.8, 4) is 0 Å². The Morgan fingerprint density at radius 2 is 2.16 bits per heavy atom. The van der Waals surface area contributed by atoms with Gasteiger partial charge in [-0.3, -0.25) is 10.1 Å². The van der Waals surface area contributed by atoms with Crippen molar-refractivity contribution in [2.75, 3.05) is 11.1 Å². The molecule has 0 unspecified atom stereocenters. The van der Waals surface area contributed by atoms with E-state index in [-0.39, 0.29) is 5.91 Å². The number of nitrogen functional groups attached to an aromatic ring is 1. The van der Waals surface area contributed by atoms with E-state index < -0.39 is 0 Å². The number of amides is 1. The number of anilines is 2. The predicted molar refractivity (Wildman–Crippen MR) is 79.8 cm³/mol. The van der Waals surface area contributed by atoms with Crippen LogP contribution in [0, 0.1) is 13.8 Å². The molecule has 3 N–H and O–H groups in total. The molecule has 0 aliphatic rings. The summed E-state index contributed by atoms with van der Waals surface area (Å²) < 4.78 is 0. The number of nitrogens with one attached hydrogen (secondary N) is 1. The molecular weight excluding hydrogens is 258 g/mol. The first-order valence-electron chi connectivity index (χ1n) is 6.15. The lowest BCUT2D eigenvalue weighted by atomic mass is 10.1. The Morgan fingerprint density at radius 3 is 2.79 bits per heavy atom. The molecule has 0 aliphatic heterocycles. The zero-order valence-corrected chi connectivity index (χ0v) is 12.1. The molecule has 5 heteroatoms. The van der Waals surface area contributed by atoms with Gasteiger partial charge in [-0.25, -0.2) is 4.98 Å². The van der Waals surface area contributed by atoms with Crippen molar-refractivity contribution in [1.29, 1.82) is 0 Å². The molecule has 0 saturated carbocycles. The van der Waals surface area contributed by atoms with Crippen LogP contribution in [-0.2, 0) is 6.42 Å². The molecule has 1 heterocycles. The summed E-state index contributed by atoms with van der Waals surface area (Å²) in [6.45, 7) is 5.91. The molecule has 2 rings (SSSR count). The number of hydrogen-bond acceptors (Lipinski definition) is 4. The fourth-order valence-electron chi connectivity index (χ4n) is 1.87. The van der Waals surface area contributed by atoms with Crippen LogP contribution >= 0.6 is 11.3 Å². The summed E-state index contributed by atoms with van der Waals surface area (Å²) in [6, 6.07) is 5.33. The number of benzene rings is 1. The van der Waals surface area contributed by atoms with Crippen LogP contribution < -0.4 is 11.1 Å². The molecule has 0 aliphatic carbocycles. The normalized spacial score (nSPS) is 10.5. The second-order valence-corrected chi connectivity index (χ2v) is 5.55. The second-order valence-electron chi connectivity index (χ2n) is 4.35. The first kappa shape index (κ1) is 13.5. The summed E-state index contributed by atoms with van der Waals surface area (Å²) in [5, 5.41) is 3.47. The molecule has 19 heavy (non-hydrogen) atoms. The van der Waals surface area contributed by atoms with Crippen molar-refractivity contribution in [2.45, 2.75) is 27.2 Å². The van der Waals surface area contributed by atoms with Crippen LogP contribution in [0.4, 0.5) is 10.8 Å². The topological polar surface area (TPSA) is 68.0 Å². The van der Waals surface area contributed by atoms with Gasteiger partial charge < -0.3 is 5.73 Å². The van der Waals surface area contributed by atoms with E-state index >= 15 is 0 Å². The lowest BCUT2D eigenvalue weighted by Gasteiger charge is -2.07. The number of aromatic nitrogens is 1. The summed E-state index contributed by atoms with van der Waals surface area (Å²) in [4.78, 5) is 17.7. The molecule has 0 fully saturated rings. The summed E-state index contributed by atoms with van der Waals surface area (Å²) >= 11 is 1.50. The molecule has 0 bridgehead atoms. The van der Waals surface area contributed by atoms with E-state index in [9.17, 15) is 4.79 Å². The Hall–Kier alpha value is -1.88. The zero-order chi connectivity index (χ0) is 14.0. The number of nitrogens with two attached hydrogens (primary N) is 1. The number of thiazole rings is 1. The molecular formula is C14H17N3OS. The summed E-state index contributed by atoms with van der Waals surface area (Å²) in [5.41, 5.74) is 8.85. The molecule has 1 amide bonds. The van der Waals surface area contributed by atoms with Gasteiger partial charge in [0.2, 0.25) is 0 Å². The van der Waals surface area contributed by atoms with E-state index in [1.807, 2.05) is 13.8 Å². The molecule has 0 spiro atoms. The number of nitrogens with zero attached hydrogens (tertiary/aromatic N) is 1. The van der Waals surface area contributed by atoms with Crippen molar-refractivity contribution >= 4 is 28.1 Å². The van der Waals surface area contributed by atoms with E-state index in [0.29, 0.717) is 16.4 Å². The molecule has 4 nitrogen and oxygen atoms in total. The first-order valence-corrected chi connectivity index (χ1v) is 6.97. The van der Waals surface area contributed by atoms with Gasteiger partial charge in [-0.2, -0.15) is 0 Å². The van der Waals surface area contributed by atoms with E-state index in [4.69, 9.17) is 5.73 Å². The number of rotatable bonds is 3. The minimum absolute atomic E-state index is 0.166. The molecule has 100 valence electrons. The minimum Gasteiger partial charge on any atom is -0.398 e. The summed E-state index contributed by atoms with van der Waals surface area (Å²) in [5.74, 6) is -0.166. The van der Waals surface area contributed by atoms with Gasteiger partial charge in [-0.15, -0.1) is 11.3 Å². The number of aryl methyl sites for hydroxylation is 2. The van der Waals surface area contributed by atoms with Crippen LogP contribution in [0.1, 0.15) is 33.4 Å². The Balaban J connectivity index is 2.23. The third-order valence-corrected chi connectivity index (χ3v) is 4.00. The lowest BCUT2D eigenvalue weighted by molar-refractivity contribution is 0.102. The standard InChI is InChI=1S/C14H17N3OS/c1-4-12-9(3)19-14(16-12)17-13(18)10-6-5-7-11(15)8(10)2/h5-7H,4,15H2,1-3H3,(H,16,17,18). The molecule has 0 saturated heterocycles. The third-order valence-electron chi connectivity index (χ3n) is 3.07. The van der Waals surface area contributed by atoms with E-state index in [1.54, 1.807) is 18.2 Å². The molecule has 1 aromatic carbocycles. The maximum atomic E-state index is 12.2. The van der Waals surface area contributed by atoms with Crippen molar-refractivity contribution in [3.05, 3.63) is 39.9 Å². The smallest absolute Gasteiger partial charge is 0.257 e. The van der Waals surface area contributed by atoms with Crippen molar-refractivity contribution in [1.82, 2.24) is 4.98 Å². The van der Waals surface area contributed by atoms with Crippen LogP contribution in [0.5, 0.6) is 0 Å². The van der Waals surface area contributed by atoms with E-state index in [2.05, 4.69) is 17.2 Å². The van der Waals surface area contributed by atoms with Crippen molar-refractivity contribution in [3.63, 3.8) is 0 Å². The molecule has 0 radical (unpaired) electrons. The predicted octanol–water partition coefficient (Wildman–Crippen LogP) is 3.16. The highest BCUT2D eigenvalue weighted by Crippen LogP contribution is 2.24. The Labute approximate surface area is 116 Å². The largest absolute Gasteiger partial charge is 0.398 e. The van der Waals surface area contributed by atoms with E-state index in [0.717, 1.165) is 22.6 Å². The van der Waals surface area contributed by atoms with Gasteiger partial charge in [0.25, 0.3) is 5.91 Å². The van der Waals surface area contributed by atoms with Crippen LogP contribution in [0.2, 0.25) is 0 Å². The lowest BCUT2D eigenvalue weighted by Crippen LogP contribution is -2.14. The molecule has 0 atom stereocenters. The van der Waals surface area contributed by atoms with Gasteiger partial charge in [0.15, 0.2) is 5.13 Å². The van der Waals surface area contributed by atoms with Crippen LogP contribution in [-0.4, -0.2) is 10.9 Å². The maximum Gasteiger partial charge on any atom is 0.257 e. The van der Waals surface area contributed by atoms with Gasteiger partial charge in [-0.05, 0) is 38.0 Å². The number of carbonyl (C=O) groups is 1. The average Bonchev–Trinajstić information content (AvgIpc) is 2.72. The van der Waals surface area contributed by atoms with E-state index in [1.165, 1.54) is 11.3 Å². The number of carbonyl (C=O) groups excluding carboxylic acids is 1. The summed E-state index contributed by atoms with van der Waals surface area (Å²) in [7, 11) is 0. The Bertz CT molecular complexity index is 619. The highest BCUT2D eigenvalue weighted by molar-refractivity contribution is 7.15. The minimum atomic E-state index is -0.166. The van der Waals surface area contributed by atoms with Crippen LogP contribution in [0.25, 0.3) is 0 Å². The monoisotopic (exact) mass is 275 g/mol. The first-order chi connectivity index (χ1) is 9.02. The van der Waals surface area contributed by atoms with Gasteiger partial charge in [0.05, 0.1) is 5.69 Å². The molecule has 2 aromatic rings. The zero-order valence-electron chi connectivity index (χ0n) is 11.3. The highest BCUT2D eigenvalue weighted by atomic mass is 32.1. The second kappa shape index (κ2) is 5.40. The quantitative estimate of drug-likeness (QED) is 0.845. The van der Waals surface area contributed by atoms with Crippen LogP contribution in [0.3, 0.4) is 0 Å². The maximum absolute atomic E-state index is 12.2. The Morgan fingerprint density at radius 1 is 1.42 bits per heavy atom. The SMILES string of the molecule is CCc1nc(NC(=O)c2cccc(N)c2C)sc1C. The van der Waals surface area contributed by atoms with Gasteiger partial charge in [0, 0.05) is 16.1 Å².